The molecule has 1 aromatic carbocycles. The second-order valence-corrected chi connectivity index (χ2v) is 5.99. The van der Waals surface area contributed by atoms with Gasteiger partial charge in [0.1, 0.15) is 11.6 Å². The van der Waals surface area contributed by atoms with E-state index < -0.39 is 17.7 Å². The summed E-state index contributed by atoms with van der Waals surface area (Å²) >= 11 is 0. The molecule has 1 aliphatic rings. The van der Waals surface area contributed by atoms with E-state index in [0.29, 0.717) is 19.0 Å². The van der Waals surface area contributed by atoms with Crippen LogP contribution in [0, 0.1) is 11.6 Å². The average molecular weight is 298 g/mol. The third-order valence-corrected chi connectivity index (χ3v) is 4.38. The van der Waals surface area contributed by atoms with Gasteiger partial charge in [0.15, 0.2) is 0 Å². The summed E-state index contributed by atoms with van der Waals surface area (Å²) in [5, 5.41) is 10.1. The lowest BCUT2D eigenvalue weighted by atomic mass is 10.0. The van der Waals surface area contributed by atoms with E-state index in [4.69, 9.17) is 0 Å². The Bertz CT molecular complexity index is 462. The molecule has 2 rings (SSSR count). The van der Waals surface area contributed by atoms with Gasteiger partial charge in [-0.25, -0.2) is 8.78 Å². The number of aliphatic hydroxyl groups excluding tert-OH is 1. The molecule has 0 amide bonds. The zero-order chi connectivity index (χ0) is 15.4. The molecule has 0 saturated carbocycles. The lowest BCUT2D eigenvalue weighted by Crippen LogP contribution is -2.42. The smallest absolute Gasteiger partial charge is 0.129 e. The van der Waals surface area contributed by atoms with Gasteiger partial charge in [-0.1, -0.05) is 0 Å². The highest BCUT2D eigenvalue weighted by atomic mass is 19.1. The van der Waals surface area contributed by atoms with E-state index in [-0.39, 0.29) is 5.56 Å². The predicted octanol–water partition coefficient (Wildman–Crippen LogP) is 2.41. The molecule has 21 heavy (non-hydrogen) atoms. The summed E-state index contributed by atoms with van der Waals surface area (Å²) < 4.78 is 26.7. The number of aliphatic hydroxyl groups is 1. The zero-order valence-electron chi connectivity index (χ0n) is 12.7. The van der Waals surface area contributed by atoms with Gasteiger partial charge < -0.3 is 14.9 Å². The summed E-state index contributed by atoms with van der Waals surface area (Å²) in [7, 11) is 4.15. The molecule has 1 saturated heterocycles. The standard InChI is InChI=1S/C16H24F2N2O/c1-19-8-5-13(6-9-19)20(2)10-7-16(21)14-11-12(17)3-4-15(14)18/h3-4,11,13,16,21H,5-10H2,1-2H3. The van der Waals surface area contributed by atoms with Crippen LogP contribution in [0.1, 0.15) is 30.9 Å². The van der Waals surface area contributed by atoms with Crippen LogP contribution in [-0.2, 0) is 0 Å². The molecule has 1 aliphatic heterocycles. The van der Waals surface area contributed by atoms with Gasteiger partial charge in [-0.15, -0.1) is 0 Å². The van der Waals surface area contributed by atoms with E-state index in [1.165, 1.54) is 0 Å². The summed E-state index contributed by atoms with van der Waals surface area (Å²) in [5.74, 6) is -1.07. The van der Waals surface area contributed by atoms with Crippen molar-refractivity contribution in [1.82, 2.24) is 9.80 Å². The summed E-state index contributed by atoms with van der Waals surface area (Å²) in [6.07, 6.45) is 1.66. The van der Waals surface area contributed by atoms with Crippen molar-refractivity contribution >= 4 is 0 Å². The number of halogens is 2. The summed E-state index contributed by atoms with van der Waals surface area (Å²) in [5.41, 5.74) is 0.0479. The fraction of sp³-hybridized carbons (Fsp3) is 0.625. The molecule has 0 aliphatic carbocycles. The third-order valence-electron chi connectivity index (χ3n) is 4.38. The number of likely N-dealkylation sites (tertiary alicyclic amines) is 1. The lowest BCUT2D eigenvalue weighted by Gasteiger charge is -2.35. The molecule has 1 N–H and O–H groups in total. The molecule has 3 nitrogen and oxygen atoms in total. The molecule has 1 unspecified atom stereocenters. The van der Waals surface area contributed by atoms with Gasteiger partial charge in [0.05, 0.1) is 6.10 Å². The molecule has 0 bridgehead atoms. The second-order valence-electron chi connectivity index (χ2n) is 5.99. The van der Waals surface area contributed by atoms with E-state index >= 15 is 0 Å². The predicted molar refractivity (Wildman–Crippen MR) is 79.1 cm³/mol. The normalized spacial score (nSPS) is 19.1. The Morgan fingerprint density at radius 2 is 2.00 bits per heavy atom. The van der Waals surface area contributed by atoms with Gasteiger partial charge in [-0.2, -0.15) is 0 Å². The maximum Gasteiger partial charge on any atom is 0.129 e. The van der Waals surface area contributed by atoms with Crippen LogP contribution >= 0.6 is 0 Å². The second kappa shape index (κ2) is 7.29. The van der Waals surface area contributed by atoms with Crippen LogP contribution in [-0.4, -0.2) is 54.7 Å². The van der Waals surface area contributed by atoms with Crippen molar-refractivity contribution in [2.75, 3.05) is 33.7 Å². The molecule has 1 fully saturated rings. The zero-order valence-corrected chi connectivity index (χ0v) is 12.7. The van der Waals surface area contributed by atoms with Crippen molar-refractivity contribution in [2.45, 2.75) is 31.4 Å². The van der Waals surface area contributed by atoms with Gasteiger partial charge >= 0.3 is 0 Å². The first-order valence-electron chi connectivity index (χ1n) is 7.49. The highest BCUT2D eigenvalue weighted by Crippen LogP contribution is 2.22. The number of nitrogens with zero attached hydrogens (tertiary/aromatic N) is 2. The van der Waals surface area contributed by atoms with E-state index in [1.807, 2.05) is 7.05 Å². The summed E-state index contributed by atoms with van der Waals surface area (Å²) in [6, 6.07) is 3.71. The molecule has 1 heterocycles. The quantitative estimate of drug-likeness (QED) is 0.904. The molecule has 0 aromatic heterocycles. The Kier molecular flexibility index (Phi) is 5.67. The van der Waals surface area contributed by atoms with Crippen LogP contribution in [0.15, 0.2) is 18.2 Å². The van der Waals surface area contributed by atoms with E-state index in [2.05, 4.69) is 16.8 Å². The Balaban J connectivity index is 1.85. The van der Waals surface area contributed by atoms with E-state index in [1.54, 1.807) is 0 Å². The Hall–Kier alpha value is -1.04. The highest BCUT2D eigenvalue weighted by molar-refractivity contribution is 5.21. The van der Waals surface area contributed by atoms with Gasteiger partial charge in [-0.05, 0) is 64.6 Å². The van der Waals surface area contributed by atoms with Crippen molar-refractivity contribution in [3.8, 4) is 0 Å². The molecule has 1 atom stereocenters. The van der Waals surface area contributed by atoms with Crippen molar-refractivity contribution in [1.29, 1.82) is 0 Å². The van der Waals surface area contributed by atoms with Gasteiger partial charge in [0.2, 0.25) is 0 Å². The van der Waals surface area contributed by atoms with Gasteiger partial charge in [0, 0.05) is 18.2 Å². The monoisotopic (exact) mass is 298 g/mol. The van der Waals surface area contributed by atoms with Gasteiger partial charge in [0.25, 0.3) is 0 Å². The van der Waals surface area contributed by atoms with Crippen LogP contribution in [0.4, 0.5) is 8.78 Å². The summed E-state index contributed by atoms with van der Waals surface area (Å²) in [4.78, 5) is 4.52. The molecular formula is C16H24F2N2O. The minimum Gasteiger partial charge on any atom is -0.388 e. The molecule has 118 valence electrons. The molecule has 0 spiro atoms. The average Bonchev–Trinajstić information content (AvgIpc) is 2.47. The van der Waals surface area contributed by atoms with E-state index in [0.717, 1.165) is 44.1 Å². The van der Waals surface area contributed by atoms with Gasteiger partial charge in [-0.3, -0.25) is 0 Å². The highest BCUT2D eigenvalue weighted by Gasteiger charge is 2.21. The number of rotatable bonds is 5. The lowest BCUT2D eigenvalue weighted by molar-refractivity contribution is 0.108. The Morgan fingerprint density at radius 3 is 2.67 bits per heavy atom. The first kappa shape index (κ1) is 16.3. The molecule has 1 aromatic rings. The maximum atomic E-state index is 13.6. The minimum absolute atomic E-state index is 0.0479. The van der Waals surface area contributed by atoms with Crippen LogP contribution in [0.2, 0.25) is 0 Å². The fourth-order valence-electron chi connectivity index (χ4n) is 2.87. The molecular weight excluding hydrogens is 274 g/mol. The third kappa shape index (κ3) is 4.46. The first-order valence-corrected chi connectivity index (χ1v) is 7.49. The Morgan fingerprint density at radius 1 is 1.33 bits per heavy atom. The number of benzene rings is 1. The van der Waals surface area contributed by atoms with Crippen LogP contribution in [0.5, 0.6) is 0 Å². The van der Waals surface area contributed by atoms with Crippen LogP contribution in [0.25, 0.3) is 0 Å². The fourth-order valence-corrected chi connectivity index (χ4v) is 2.87. The van der Waals surface area contributed by atoms with Crippen molar-refractivity contribution in [3.05, 3.63) is 35.4 Å². The summed E-state index contributed by atoms with van der Waals surface area (Å²) in [6.45, 7) is 2.83. The van der Waals surface area contributed by atoms with Crippen LogP contribution in [0.3, 0.4) is 0 Å². The maximum absolute atomic E-state index is 13.6. The van der Waals surface area contributed by atoms with Crippen molar-refractivity contribution in [2.24, 2.45) is 0 Å². The van der Waals surface area contributed by atoms with Crippen molar-refractivity contribution < 1.29 is 13.9 Å². The topological polar surface area (TPSA) is 26.7 Å². The van der Waals surface area contributed by atoms with Crippen molar-refractivity contribution in [3.63, 3.8) is 0 Å². The SMILES string of the molecule is CN1CCC(N(C)CCC(O)c2cc(F)ccc2F)CC1. The van der Waals surface area contributed by atoms with E-state index in [9.17, 15) is 13.9 Å². The molecule has 5 heteroatoms. The molecule has 0 radical (unpaired) electrons. The first-order chi connectivity index (χ1) is 9.97. The number of hydrogen-bond acceptors (Lipinski definition) is 3. The number of piperidine rings is 1. The number of hydrogen-bond donors (Lipinski definition) is 1. The Labute approximate surface area is 125 Å². The minimum atomic E-state index is -0.964. The largest absolute Gasteiger partial charge is 0.388 e. The van der Waals surface area contributed by atoms with Crippen LogP contribution < -0.4 is 0 Å².